The van der Waals surface area contributed by atoms with Crippen molar-refractivity contribution >= 4 is 29.3 Å². The first-order valence-corrected chi connectivity index (χ1v) is 14.1. The van der Waals surface area contributed by atoms with Crippen molar-refractivity contribution in [2.45, 2.75) is 38.9 Å². The van der Waals surface area contributed by atoms with Crippen molar-refractivity contribution in [1.29, 1.82) is 0 Å². The molecule has 6 nitrogen and oxygen atoms in total. The molecule has 0 radical (unpaired) electrons. The van der Waals surface area contributed by atoms with Gasteiger partial charge in [0.15, 0.2) is 0 Å². The molecular weight excluding hydrogens is 474 g/mol. The van der Waals surface area contributed by atoms with Gasteiger partial charge in [0.25, 0.3) is 0 Å². The minimum atomic E-state index is -4.41. The van der Waals surface area contributed by atoms with Crippen LogP contribution in [0.2, 0.25) is 0 Å². The van der Waals surface area contributed by atoms with E-state index in [1.165, 1.54) is 18.9 Å². The monoisotopic (exact) mass is 503 g/mol. The number of halogens is 3. The highest BCUT2D eigenvalue weighted by molar-refractivity contribution is 7.71. The maximum absolute atomic E-state index is 13.8. The Hall–Kier alpha value is -2.51. The highest BCUT2D eigenvalue weighted by Gasteiger charge is 2.34. The third-order valence-corrected chi connectivity index (χ3v) is 9.86. The smallest absolute Gasteiger partial charge is 0.363 e. The quantitative estimate of drug-likeness (QED) is 0.464. The summed E-state index contributed by atoms with van der Waals surface area (Å²) in [6.07, 6.45) is 1.04. The van der Waals surface area contributed by atoms with E-state index in [1.807, 2.05) is 6.07 Å². The van der Waals surface area contributed by atoms with Crippen molar-refractivity contribution in [2.75, 3.05) is 37.3 Å². The van der Waals surface area contributed by atoms with E-state index in [0.29, 0.717) is 45.9 Å². The number of hydrogen-bond acceptors (Lipinski definition) is 6. The lowest BCUT2D eigenvalue weighted by Crippen LogP contribution is -2.38. The standard InChI is InChI=1S/C25H29F3N5OP/c1-16(19-4-3-5-20(12-19)25(26,27)28)30-24-21-13-23(29-14-22(21)31-17(2)32-24)35(34)10-8-33(9-11-35)15-18-6-7-18/h3-5,12-14,16,18H,6-11,15H2,1-2H3,(H,30,31,32)/t16-/m1/s1. The van der Waals surface area contributed by atoms with E-state index >= 15 is 0 Å². The van der Waals surface area contributed by atoms with Gasteiger partial charge in [0, 0.05) is 43.4 Å². The number of anilines is 1. The second-order valence-corrected chi connectivity index (χ2v) is 12.9. The number of alkyl halides is 3. The molecule has 3 aromatic rings. The van der Waals surface area contributed by atoms with Gasteiger partial charge >= 0.3 is 6.18 Å². The molecule has 1 N–H and O–H groups in total. The van der Waals surface area contributed by atoms with Gasteiger partial charge in [0.05, 0.1) is 17.3 Å². The third kappa shape index (κ3) is 5.36. The predicted octanol–water partition coefficient (Wildman–Crippen LogP) is 5.24. The number of rotatable bonds is 6. The van der Waals surface area contributed by atoms with Gasteiger partial charge < -0.3 is 14.8 Å². The topological polar surface area (TPSA) is 71.0 Å². The molecule has 2 aliphatic rings. The number of hydrogen-bond donors (Lipinski definition) is 1. The Morgan fingerprint density at radius 2 is 1.91 bits per heavy atom. The molecule has 1 atom stereocenters. The molecular formula is C25H29F3N5OP. The Kier molecular flexibility index (Phi) is 6.34. The molecule has 35 heavy (non-hydrogen) atoms. The average Bonchev–Trinajstić information content (AvgIpc) is 3.64. The summed E-state index contributed by atoms with van der Waals surface area (Å²) in [6, 6.07) is 6.65. The predicted molar refractivity (Wildman–Crippen MR) is 132 cm³/mol. The molecule has 0 unspecified atom stereocenters. The average molecular weight is 504 g/mol. The molecule has 2 fully saturated rings. The van der Waals surface area contributed by atoms with E-state index < -0.39 is 24.9 Å². The van der Waals surface area contributed by atoms with Crippen molar-refractivity contribution in [2.24, 2.45) is 5.92 Å². The van der Waals surface area contributed by atoms with Crippen LogP contribution in [0.15, 0.2) is 36.5 Å². The van der Waals surface area contributed by atoms with E-state index in [-0.39, 0.29) is 0 Å². The van der Waals surface area contributed by atoms with Crippen LogP contribution in [0.5, 0.6) is 0 Å². The first kappa shape index (κ1) is 24.2. The van der Waals surface area contributed by atoms with E-state index in [9.17, 15) is 17.7 Å². The Balaban J connectivity index is 1.42. The van der Waals surface area contributed by atoms with E-state index in [2.05, 4.69) is 25.2 Å². The van der Waals surface area contributed by atoms with Gasteiger partial charge in [-0.05, 0) is 56.4 Å². The zero-order valence-electron chi connectivity index (χ0n) is 19.8. The number of pyridine rings is 1. The third-order valence-electron chi connectivity index (χ3n) is 6.93. The van der Waals surface area contributed by atoms with Crippen LogP contribution in [-0.4, -0.2) is 51.8 Å². The fourth-order valence-corrected chi connectivity index (χ4v) is 7.18. The second kappa shape index (κ2) is 9.17. The van der Waals surface area contributed by atoms with Crippen LogP contribution in [0.3, 0.4) is 0 Å². The van der Waals surface area contributed by atoms with Crippen LogP contribution in [0.4, 0.5) is 19.0 Å². The zero-order chi connectivity index (χ0) is 24.8. The molecule has 1 saturated heterocycles. The highest BCUT2D eigenvalue weighted by Crippen LogP contribution is 2.46. The van der Waals surface area contributed by atoms with Crippen LogP contribution in [-0.2, 0) is 10.7 Å². The summed E-state index contributed by atoms with van der Waals surface area (Å²) in [4.78, 5) is 15.9. The molecule has 5 rings (SSSR count). The number of aryl methyl sites for hydroxylation is 1. The van der Waals surface area contributed by atoms with Crippen LogP contribution in [0.25, 0.3) is 10.9 Å². The molecule has 10 heteroatoms. The second-order valence-electron chi connectivity index (χ2n) is 9.75. The van der Waals surface area contributed by atoms with Crippen LogP contribution in [0, 0.1) is 12.8 Å². The van der Waals surface area contributed by atoms with Gasteiger partial charge in [-0.1, -0.05) is 12.1 Å². The molecule has 186 valence electrons. The molecule has 1 aromatic carbocycles. The Bertz CT molecular complexity index is 1280. The number of fused-ring (bicyclic) bond motifs is 1. The van der Waals surface area contributed by atoms with E-state index in [0.717, 1.165) is 37.7 Å². The highest BCUT2D eigenvalue weighted by atomic mass is 31.2. The van der Waals surface area contributed by atoms with Crippen molar-refractivity contribution in [3.8, 4) is 0 Å². The molecule has 0 amide bonds. The maximum atomic E-state index is 13.8. The summed E-state index contributed by atoms with van der Waals surface area (Å²) >= 11 is 0. The minimum absolute atomic E-state index is 0.437. The van der Waals surface area contributed by atoms with Gasteiger partial charge in [-0.2, -0.15) is 13.2 Å². The van der Waals surface area contributed by atoms with Crippen molar-refractivity contribution < 1.29 is 17.7 Å². The molecule has 1 saturated carbocycles. The Morgan fingerprint density at radius 1 is 1.17 bits per heavy atom. The van der Waals surface area contributed by atoms with Crippen molar-refractivity contribution in [3.05, 3.63) is 53.5 Å². The summed E-state index contributed by atoms with van der Waals surface area (Å²) < 4.78 is 53.4. The normalized spacial score (nSPS) is 19.6. The lowest BCUT2D eigenvalue weighted by Gasteiger charge is -2.32. The largest absolute Gasteiger partial charge is 0.416 e. The van der Waals surface area contributed by atoms with Gasteiger partial charge in [-0.15, -0.1) is 0 Å². The summed E-state index contributed by atoms with van der Waals surface area (Å²) in [5.41, 5.74) is 0.997. The van der Waals surface area contributed by atoms with Gasteiger partial charge in [0.1, 0.15) is 24.2 Å². The summed E-state index contributed by atoms with van der Waals surface area (Å²) in [7, 11) is -2.64. The van der Waals surface area contributed by atoms with E-state index in [4.69, 9.17) is 0 Å². The van der Waals surface area contributed by atoms with Gasteiger partial charge in [-0.25, -0.2) is 9.97 Å². The lowest BCUT2D eigenvalue weighted by molar-refractivity contribution is -0.137. The van der Waals surface area contributed by atoms with Crippen LogP contribution in [0.1, 0.15) is 42.8 Å². The SMILES string of the molecule is Cc1nc(N[C@H](C)c2cccc(C(F)(F)F)c2)c2cc(P3(=O)CCN(CC4CC4)CC3)ncc2n1. The first-order chi connectivity index (χ1) is 16.6. The lowest BCUT2D eigenvalue weighted by atomic mass is 10.0. The molecule has 0 bridgehead atoms. The summed E-state index contributed by atoms with van der Waals surface area (Å²) in [6.45, 7) is 6.27. The van der Waals surface area contributed by atoms with Crippen molar-refractivity contribution in [1.82, 2.24) is 19.9 Å². The number of aromatic nitrogens is 3. The van der Waals surface area contributed by atoms with Gasteiger partial charge in [0.2, 0.25) is 0 Å². The molecule has 1 aliphatic carbocycles. The van der Waals surface area contributed by atoms with Crippen LogP contribution >= 0.6 is 7.14 Å². The number of nitrogens with one attached hydrogen (secondary N) is 1. The Morgan fingerprint density at radius 3 is 2.60 bits per heavy atom. The van der Waals surface area contributed by atoms with Crippen molar-refractivity contribution in [3.63, 3.8) is 0 Å². The molecule has 3 heterocycles. The fraction of sp³-hybridized carbons (Fsp3) is 0.480. The van der Waals surface area contributed by atoms with Gasteiger partial charge in [-0.3, -0.25) is 4.98 Å². The molecule has 2 aromatic heterocycles. The Labute approximate surface area is 202 Å². The fourth-order valence-electron chi connectivity index (χ4n) is 4.65. The summed E-state index contributed by atoms with van der Waals surface area (Å²) in [5, 5.41) is 3.93. The van der Waals surface area contributed by atoms with Crippen LogP contribution < -0.4 is 10.8 Å². The molecule has 0 spiro atoms. The first-order valence-electron chi connectivity index (χ1n) is 12.0. The number of benzene rings is 1. The molecule has 1 aliphatic heterocycles. The minimum Gasteiger partial charge on any atom is -0.363 e. The number of nitrogens with zero attached hydrogens (tertiary/aromatic N) is 4. The zero-order valence-corrected chi connectivity index (χ0v) is 20.7. The van der Waals surface area contributed by atoms with E-state index in [1.54, 1.807) is 26.1 Å². The summed E-state index contributed by atoms with van der Waals surface area (Å²) in [5.74, 6) is 1.82. The maximum Gasteiger partial charge on any atom is 0.416 e.